The number of rotatable bonds is 7. The Kier molecular flexibility index (Phi) is 5.87. The van der Waals surface area contributed by atoms with Crippen molar-refractivity contribution in [3.05, 3.63) is 59.7 Å². The van der Waals surface area contributed by atoms with Crippen molar-refractivity contribution >= 4 is 5.69 Å². The van der Waals surface area contributed by atoms with Gasteiger partial charge in [0.05, 0.1) is 18.8 Å². The Morgan fingerprint density at radius 2 is 1.75 bits per heavy atom. The number of hydrogen-bond acceptors (Lipinski definition) is 6. The molecule has 148 valence electrons. The van der Waals surface area contributed by atoms with Gasteiger partial charge in [-0.15, -0.1) is 0 Å². The zero-order valence-electron chi connectivity index (χ0n) is 17.1. The van der Waals surface area contributed by atoms with E-state index < -0.39 is 0 Å². The van der Waals surface area contributed by atoms with Gasteiger partial charge in [0.1, 0.15) is 11.5 Å². The van der Waals surface area contributed by atoms with E-state index in [9.17, 15) is 0 Å². The number of anilines is 1. The fourth-order valence-corrected chi connectivity index (χ4v) is 2.70. The van der Waals surface area contributed by atoms with Crippen molar-refractivity contribution in [1.29, 1.82) is 0 Å². The zero-order chi connectivity index (χ0) is 20.1. The van der Waals surface area contributed by atoms with Crippen molar-refractivity contribution in [2.75, 3.05) is 11.9 Å². The second-order valence-corrected chi connectivity index (χ2v) is 7.56. The van der Waals surface area contributed by atoms with Gasteiger partial charge in [-0.25, -0.2) is 0 Å². The molecule has 0 unspecified atom stereocenters. The molecule has 0 amide bonds. The predicted octanol–water partition coefficient (Wildman–Crippen LogP) is 5.48. The van der Waals surface area contributed by atoms with Crippen LogP contribution in [0.15, 0.2) is 47.0 Å². The number of hydrogen-bond donors (Lipinski definition) is 1. The minimum atomic E-state index is 0.0230. The lowest BCUT2D eigenvalue weighted by molar-refractivity contribution is 0.339. The van der Waals surface area contributed by atoms with Gasteiger partial charge in [0.2, 0.25) is 5.89 Å². The van der Waals surface area contributed by atoms with Crippen LogP contribution in [0.25, 0.3) is 0 Å². The molecule has 0 saturated heterocycles. The number of ether oxygens (including phenoxy) is 2. The summed E-state index contributed by atoms with van der Waals surface area (Å²) in [5.41, 5.74) is 2.10. The van der Waals surface area contributed by atoms with Crippen LogP contribution in [0, 0.1) is 6.92 Å². The van der Waals surface area contributed by atoms with Crippen LogP contribution in [0.1, 0.15) is 45.0 Å². The highest BCUT2D eigenvalue weighted by atomic mass is 16.5. The molecule has 1 aromatic heterocycles. The SMILES string of the molecule is CCOc1ccc(Oc2ccc(C(C)(C)C)cc2NCc2nc(C)no2)cc1. The van der Waals surface area contributed by atoms with Crippen LogP contribution in [0.5, 0.6) is 17.2 Å². The van der Waals surface area contributed by atoms with Crippen LogP contribution in [-0.4, -0.2) is 16.7 Å². The first kappa shape index (κ1) is 19.7. The summed E-state index contributed by atoms with van der Waals surface area (Å²) in [6, 6.07) is 13.8. The fourth-order valence-electron chi connectivity index (χ4n) is 2.70. The molecule has 2 aromatic carbocycles. The maximum absolute atomic E-state index is 6.12. The third kappa shape index (κ3) is 5.03. The van der Waals surface area contributed by atoms with Crippen LogP contribution < -0.4 is 14.8 Å². The highest BCUT2D eigenvalue weighted by Crippen LogP contribution is 2.35. The van der Waals surface area contributed by atoms with E-state index >= 15 is 0 Å². The summed E-state index contributed by atoms with van der Waals surface area (Å²) < 4.78 is 16.8. The summed E-state index contributed by atoms with van der Waals surface area (Å²) in [5.74, 6) is 3.44. The number of nitrogens with one attached hydrogen (secondary N) is 1. The number of benzene rings is 2. The molecule has 0 fully saturated rings. The van der Waals surface area contributed by atoms with E-state index in [1.54, 1.807) is 6.92 Å². The maximum Gasteiger partial charge on any atom is 0.245 e. The molecule has 0 atom stereocenters. The Hall–Kier alpha value is -3.02. The van der Waals surface area contributed by atoms with Gasteiger partial charge in [0, 0.05) is 0 Å². The van der Waals surface area contributed by atoms with Gasteiger partial charge in [0.15, 0.2) is 11.6 Å². The molecule has 0 saturated carbocycles. The molecule has 0 spiro atoms. The molecule has 3 rings (SSSR count). The van der Waals surface area contributed by atoms with E-state index in [-0.39, 0.29) is 5.41 Å². The van der Waals surface area contributed by atoms with E-state index in [1.807, 2.05) is 37.3 Å². The van der Waals surface area contributed by atoms with E-state index in [2.05, 4.69) is 48.4 Å². The molecule has 1 N–H and O–H groups in total. The average Bonchev–Trinajstić information content (AvgIpc) is 3.07. The number of aryl methyl sites for hydroxylation is 1. The standard InChI is InChI=1S/C22H27N3O3/c1-6-26-17-8-10-18(11-9-17)27-20-12-7-16(22(3,4)5)13-19(20)23-14-21-24-15(2)25-28-21/h7-13,23H,6,14H2,1-5H3. The van der Waals surface area contributed by atoms with Crippen molar-refractivity contribution in [2.24, 2.45) is 0 Å². The van der Waals surface area contributed by atoms with Crippen molar-refractivity contribution in [3.8, 4) is 17.2 Å². The molecule has 28 heavy (non-hydrogen) atoms. The van der Waals surface area contributed by atoms with Crippen molar-refractivity contribution in [1.82, 2.24) is 10.1 Å². The summed E-state index contributed by atoms with van der Waals surface area (Å²) in [4.78, 5) is 4.24. The second-order valence-electron chi connectivity index (χ2n) is 7.56. The van der Waals surface area contributed by atoms with Crippen LogP contribution in [0.2, 0.25) is 0 Å². The minimum absolute atomic E-state index is 0.0230. The first-order valence-electron chi connectivity index (χ1n) is 9.43. The van der Waals surface area contributed by atoms with E-state index in [1.165, 1.54) is 5.56 Å². The molecular weight excluding hydrogens is 354 g/mol. The average molecular weight is 381 g/mol. The van der Waals surface area contributed by atoms with Gasteiger partial charge < -0.3 is 19.3 Å². The first-order chi connectivity index (χ1) is 13.3. The van der Waals surface area contributed by atoms with Crippen LogP contribution in [0.4, 0.5) is 5.69 Å². The third-order valence-electron chi connectivity index (χ3n) is 4.21. The lowest BCUT2D eigenvalue weighted by Gasteiger charge is -2.21. The van der Waals surface area contributed by atoms with Crippen molar-refractivity contribution in [2.45, 2.75) is 46.6 Å². The number of aromatic nitrogens is 2. The van der Waals surface area contributed by atoms with Crippen LogP contribution in [-0.2, 0) is 12.0 Å². The first-order valence-corrected chi connectivity index (χ1v) is 9.43. The number of nitrogens with zero attached hydrogens (tertiary/aromatic N) is 2. The summed E-state index contributed by atoms with van der Waals surface area (Å²) in [5, 5.41) is 7.19. The zero-order valence-corrected chi connectivity index (χ0v) is 17.1. The van der Waals surface area contributed by atoms with Crippen LogP contribution >= 0.6 is 0 Å². The molecule has 6 heteroatoms. The van der Waals surface area contributed by atoms with Gasteiger partial charge in [-0.1, -0.05) is 32.0 Å². The lowest BCUT2D eigenvalue weighted by Crippen LogP contribution is -2.12. The summed E-state index contributed by atoms with van der Waals surface area (Å²) >= 11 is 0. The normalized spacial score (nSPS) is 11.3. The molecule has 0 aliphatic heterocycles. The van der Waals surface area contributed by atoms with Crippen molar-refractivity contribution in [3.63, 3.8) is 0 Å². The Balaban J connectivity index is 1.83. The highest BCUT2D eigenvalue weighted by molar-refractivity contribution is 5.60. The molecular formula is C22H27N3O3. The largest absolute Gasteiger partial charge is 0.494 e. The van der Waals surface area contributed by atoms with E-state index in [0.29, 0.717) is 24.9 Å². The monoisotopic (exact) mass is 381 g/mol. The molecule has 0 radical (unpaired) electrons. The van der Waals surface area contributed by atoms with Gasteiger partial charge in [-0.05, 0) is 61.2 Å². The Morgan fingerprint density at radius 1 is 1.04 bits per heavy atom. The molecule has 0 bridgehead atoms. The Bertz CT molecular complexity index is 912. The topological polar surface area (TPSA) is 69.4 Å². The summed E-state index contributed by atoms with van der Waals surface area (Å²) in [7, 11) is 0. The van der Waals surface area contributed by atoms with Crippen LogP contribution in [0.3, 0.4) is 0 Å². The molecule has 0 aliphatic rings. The highest BCUT2D eigenvalue weighted by Gasteiger charge is 2.17. The maximum atomic E-state index is 6.12. The molecule has 6 nitrogen and oxygen atoms in total. The second kappa shape index (κ2) is 8.33. The van der Waals surface area contributed by atoms with Crippen molar-refractivity contribution < 1.29 is 14.0 Å². The molecule has 0 aliphatic carbocycles. The van der Waals surface area contributed by atoms with Gasteiger partial charge in [0.25, 0.3) is 0 Å². The van der Waals surface area contributed by atoms with E-state index in [4.69, 9.17) is 14.0 Å². The molecule has 1 heterocycles. The summed E-state index contributed by atoms with van der Waals surface area (Å²) in [6.07, 6.45) is 0. The lowest BCUT2D eigenvalue weighted by atomic mass is 9.87. The summed E-state index contributed by atoms with van der Waals surface area (Å²) in [6.45, 7) is 11.4. The Labute approximate surface area is 165 Å². The predicted molar refractivity (Wildman–Crippen MR) is 109 cm³/mol. The third-order valence-corrected chi connectivity index (χ3v) is 4.21. The smallest absolute Gasteiger partial charge is 0.245 e. The van der Waals surface area contributed by atoms with Gasteiger partial charge in [-0.2, -0.15) is 4.98 Å². The van der Waals surface area contributed by atoms with Gasteiger partial charge >= 0.3 is 0 Å². The van der Waals surface area contributed by atoms with Gasteiger partial charge in [-0.3, -0.25) is 0 Å². The van der Waals surface area contributed by atoms with E-state index in [0.717, 1.165) is 22.9 Å². The fraction of sp³-hybridized carbons (Fsp3) is 0.364. The minimum Gasteiger partial charge on any atom is -0.494 e. The quantitative estimate of drug-likeness (QED) is 0.584. The molecule has 3 aromatic rings. The Morgan fingerprint density at radius 3 is 2.36 bits per heavy atom.